The highest BCUT2D eigenvalue weighted by Crippen LogP contribution is 2.28. The van der Waals surface area contributed by atoms with Crippen LogP contribution in [0.3, 0.4) is 0 Å². The lowest BCUT2D eigenvalue weighted by molar-refractivity contribution is -0.122. The molecule has 2 rings (SSSR count). The van der Waals surface area contributed by atoms with E-state index in [-0.39, 0.29) is 16.6 Å². The van der Waals surface area contributed by atoms with Gasteiger partial charge in [-0.3, -0.25) is 9.10 Å². The van der Waals surface area contributed by atoms with Gasteiger partial charge < -0.3 is 14.8 Å². The van der Waals surface area contributed by atoms with Crippen LogP contribution in [-0.4, -0.2) is 55.3 Å². The molecule has 0 spiro atoms. The van der Waals surface area contributed by atoms with Crippen LogP contribution in [0.5, 0.6) is 11.5 Å². The lowest BCUT2D eigenvalue weighted by Crippen LogP contribution is -2.33. The molecule has 0 fully saturated rings. The van der Waals surface area contributed by atoms with Crippen molar-refractivity contribution in [1.29, 1.82) is 0 Å². The number of hydrogen-bond acceptors (Lipinski definition) is 7. The van der Waals surface area contributed by atoms with Crippen molar-refractivity contribution in [3.8, 4) is 11.5 Å². The van der Waals surface area contributed by atoms with E-state index in [1.807, 2.05) is 0 Å². The number of ether oxygens (including phenoxy) is 2. The van der Waals surface area contributed by atoms with Gasteiger partial charge in [-0.1, -0.05) is 6.92 Å². The van der Waals surface area contributed by atoms with E-state index in [1.54, 1.807) is 45.0 Å². The molecule has 10 nitrogen and oxygen atoms in total. The molecular weight excluding hydrogens is 482 g/mol. The summed E-state index contributed by atoms with van der Waals surface area (Å²) in [6.45, 7) is 5.18. The van der Waals surface area contributed by atoms with Crippen molar-refractivity contribution in [2.75, 3.05) is 30.0 Å². The Morgan fingerprint density at radius 3 is 2.18 bits per heavy atom. The number of amides is 1. The summed E-state index contributed by atoms with van der Waals surface area (Å²) in [6.07, 6.45) is 0.533. The number of sulfonamides is 2. The van der Waals surface area contributed by atoms with Crippen LogP contribution >= 0.6 is 0 Å². The predicted octanol–water partition coefficient (Wildman–Crippen LogP) is 2.57. The second kappa shape index (κ2) is 11.1. The van der Waals surface area contributed by atoms with Gasteiger partial charge in [0.25, 0.3) is 5.91 Å². The van der Waals surface area contributed by atoms with Gasteiger partial charge in [0.15, 0.2) is 6.10 Å². The largest absolute Gasteiger partial charge is 0.495 e. The second-order valence-electron chi connectivity index (χ2n) is 7.87. The van der Waals surface area contributed by atoms with E-state index in [2.05, 4.69) is 10.0 Å². The Morgan fingerprint density at radius 1 is 1.06 bits per heavy atom. The molecule has 2 aromatic carbocycles. The van der Waals surface area contributed by atoms with Gasteiger partial charge in [0, 0.05) is 13.1 Å². The standard InChI is InChI=1S/C22H31N3O7S2/c1-7-20(32-17-10-8-16(9-11-17)25(4)33(6,27)28)22(26)23-19-14-18(12-13-21(19)31-5)34(29,30)24-15(2)3/h8-15,20,24H,7H2,1-6H3,(H,23,26). The number of methoxy groups -OCH3 is 1. The first-order valence-corrected chi connectivity index (χ1v) is 13.8. The van der Waals surface area contributed by atoms with Crippen LogP contribution in [-0.2, 0) is 24.8 Å². The molecule has 0 heterocycles. The van der Waals surface area contributed by atoms with Crippen LogP contribution in [0.15, 0.2) is 47.4 Å². The number of carbonyl (C=O) groups is 1. The average molecular weight is 514 g/mol. The van der Waals surface area contributed by atoms with E-state index in [4.69, 9.17) is 9.47 Å². The number of hydrogen-bond donors (Lipinski definition) is 2. The van der Waals surface area contributed by atoms with Crippen molar-refractivity contribution >= 4 is 37.3 Å². The Morgan fingerprint density at radius 2 is 1.68 bits per heavy atom. The van der Waals surface area contributed by atoms with Crippen LogP contribution in [0.1, 0.15) is 27.2 Å². The fourth-order valence-electron chi connectivity index (χ4n) is 2.96. The summed E-state index contributed by atoms with van der Waals surface area (Å²) >= 11 is 0. The molecule has 12 heteroatoms. The molecule has 1 atom stereocenters. The number of benzene rings is 2. The molecular formula is C22H31N3O7S2. The molecule has 0 aliphatic rings. The minimum Gasteiger partial charge on any atom is -0.495 e. The van der Waals surface area contributed by atoms with E-state index < -0.39 is 32.1 Å². The zero-order valence-corrected chi connectivity index (χ0v) is 21.7. The van der Waals surface area contributed by atoms with Crippen LogP contribution < -0.4 is 23.8 Å². The molecule has 2 N–H and O–H groups in total. The minimum absolute atomic E-state index is 0.0168. The lowest BCUT2D eigenvalue weighted by atomic mass is 10.2. The number of nitrogens with zero attached hydrogens (tertiary/aromatic N) is 1. The molecule has 1 amide bonds. The van der Waals surface area contributed by atoms with Gasteiger partial charge in [0.2, 0.25) is 20.0 Å². The highest BCUT2D eigenvalue weighted by molar-refractivity contribution is 7.92. The third-order valence-electron chi connectivity index (χ3n) is 4.77. The molecule has 1 unspecified atom stereocenters. The first-order valence-electron chi connectivity index (χ1n) is 10.5. The first-order chi connectivity index (χ1) is 15.8. The summed E-state index contributed by atoms with van der Waals surface area (Å²) in [7, 11) is -4.33. The van der Waals surface area contributed by atoms with Crippen LogP contribution in [0, 0.1) is 0 Å². The van der Waals surface area contributed by atoms with Gasteiger partial charge >= 0.3 is 0 Å². The van der Waals surface area contributed by atoms with Crippen molar-refractivity contribution in [1.82, 2.24) is 4.72 Å². The maximum absolute atomic E-state index is 12.9. The zero-order chi connectivity index (χ0) is 25.7. The number of nitrogens with one attached hydrogen (secondary N) is 2. The third kappa shape index (κ3) is 7.08. The second-order valence-corrected chi connectivity index (χ2v) is 11.6. The smallest absolute Gasteiger partial charge is 0.265 e. The van der Waals surface area contributed by atoms with Gasteiger partial charge in [-0.2, -0.15) is 0 Å². The average Bonchev–Trinajstić information content (AvgIpc) is 2.75. The third-order valence-corrected chi connectivity index (χ3v) is 7.63. The predicted molar refractivity (Wildman–Crippen MR) is 131 cm³/mol. The van der Waals surface area contributed by atoms with Gasteiger partial charge in [-0.05, 0) is 62.7 Å². The Kier molecular flexibility index (Phi) is 8.92. The van der Waals surface area contributed by atoms with Crippen molar-refractivity contribution in [2.24, 2.45) is 0 Å². The topological polar surface area (TPSA) is 131 Å². The molecule has 0 saturated carbocycles. The minimum atomic E-state index is -3.77. The van der Waals surface area contributed by atoms with Crippen molar-refractivity contribution < 1.29 is 31.1 Å². The highest BCUT2D eigenvalue weighted by atomic mass is 32.2. The van der Waals surface area contributed by atoms with E-state index in [0.29, 0.717) is 23.6 Å². The summed E-state index contributed by atoms with van der Waals surface area (Å²) in [6, 6.07) is 10.2. The number of rotatable bonds is 11. The highest BCUT2D eigenvalue weighted by Gasteiger charge is 2.23. The molecule has 2 aromatic rings. The number of carbonyl (C=O) groups excluding carboxylic acids is 1. The van der Waals surface area contributed by atoms with E-state index in [0.717, 1.165) is 10.6 Å². The summed E-state index contributed by atoms with van der Waals surface area (Å²) in [4.78, 5) is 12.9. The zero-order valence-electron chi connectivity index (χ0n) is 20.0. The SMILES string of the molecule is CCC(Oc1ccc(N(C)S(C)(=O)=O)cc1)C(=O)Nc1cc(S(=O)(=O)NC(C)C)ccc1OC. The maximum atomic E-state index is 12.9. The fourth-order valence-corrected chi connectivity index (χ4v) is 4.74. The van der Waals surface area contributed by atoms with E-state index in [9.17, 15) is 21.6 Å². The van der Waals surface area contributed by atoms with Crippen molar-refractivity contribution in [3.05, 3.63) is 42.5 Å². The molecule has 188 valence electrons. The number of anilines is 2. The molecule has 0 saturated heterocycles. The molecule has 0 radical (unpaired) electrons. The summed E-state index contributed by atoms with van der Waals surface area (Å²) in [5, 5.41) is 2.68. The Balaban J connectivity index is 2.22. The molecule has 34 heavy (non-hydrogen) atoms. The van der Waals surface area contributed by atoms with Gasteiger partial charge in [0.1, 0.15) is 11.5 Å². The summed E-state index contributed by atoms with van der Waals surface area (Å²) in [5.41, 5.74) is 0.636. The first kappa shape index (κ1) is 27.4. The maximum Gasteiger partial charge on any atom is 0.265 e. The molecule has 0 aromatic heterocycles. The van der Waals surface area contributed by atoms with Gasteiger partial charge in [-0.15, -0.1) is 0 Å². The van der Waals surface area contributed by atoms with E-state index in [1.165, 1.54) is 32.4 Å². The lowest BCUT2D eigenvalue weighted by Gasteiger charge is -2.20. The molecule has 0 aliphatic carbocycles. The quantitative estimate of drug-likeness (QED) is 0.472. The van der Waals surface area contributed by atoms with Crippen molar-refractivity contribution in [3.63, 3.8) is 0 Å². The van der Waals surface area contributed by atoms with Gasteiger partial charge in [0.05, 0.1) is 29.6 Å². The van der Waals surface area contributed by atoms with Crippen LogP contribution in [0.2, 0.25) is 0 Å². The monoisotopic (exact) mass is 513 g/mol. The fraction of sp³-hybridized carbons (Fsp3) is 0.409. The van der Waals surface area contributed by atoms with Crippen LogP contribution in [0.25, 0.3) is 0 Å². The van der Waals surface area contributed by atoms with Crippen LogP contribution in [0.4, 0.5) is 11.4 Å². The normalized spacial score (nSPS) is 12.8. The molecule has 0 bridgehead atoms. The summed E-state index contributed by atoms with van der Waals surface area (Å²) < 4.78 is 63.1. The Labute approximate surface area is 201 Å². The molecule has 0 aliphatic heterocycles. The van der Waals surface area contributed by atoms with Crippen molar-refractivity contribution in [2.45, 2.75) is 44.2 Å². The summed E-state index contributed by atoms with van der Waals surface area (Å²) in [5.74, 6) is 0.168. The van der Waals surface area contributed by atoms with E-state index >= 15 is 0 Å². The van der Waals surface area contributed by atoms with Gasteiger partial charge in [-0.25, -0.2) is 21.6 Å². The Bertz CT molecular complexity index is 1210. The Hall–Kier alpha value is -2.83.